The first-order chi connectivity index (χ1) is 15.6. The number of hydrogen-bond donors (Lipinski definition) is 3. The second-order valence-electron chi connectivity index (χ2n) is 9.51. The Morgan fingerprint density at radius 1 is 1.12 bits per heavy atom. The van der Waals surface area contributed by atoms with Crippen LogP contribution in [0.3, 0.4) is 0 Å². The summed E-state index contributed by atoms with van der Waals surface area (Å²) in [5.74, 6) is 0.637. The lowest BCUT2D eigenvalue weighted by atomic mass is 10.0. The van der Waals surface area contributed by atoms with E-state index in [1.165, 1.54) is 43.5 Å². The van der Waals surface area contributed by atoms with Crippen molar-refractivity contribution in [2.45, 2.75) is 58.0 Å². The van der Waals surface area contributed by atoms with E-state index in [2.05, 4.69) is 46.2 Å². The summed E-state index contributed by atoms with van der Waals surface area (Å²) in [6.07, 6.45) is 6.03. The van der Waals surface area contributed by atoms with E-state index >= 15 is 0 Å². The van der Waals surface area contributed by atoms with Crippen molar-refractivity contribution < 1.29 is 0 Å². The van der Waals surface area contributed by atoms with Gasteiger partial charge in [-0.3, -0.25) is 4.79 Å². The summed E-state index contributed by atoms with van der Waals surface area (Å²) in [6.45, 7) is 6.71. The van der Waals surface area contributed by atoms with Gasteiger partial charge in [-0.15, -0.1) is 11.3 Å². The van der Waals surface area contributed by atoms with E-state index in [1.54, 1.807) is 11.3 Å². The predicted molar refractivity (Wildman–Crippen MR) is 133 cm³/mol. The van der Waals surface area contributed by atoms with Crippen LogP contribution in [0.2, 0.25) is 0 Å². The van der Waals surface area contributed by atoms with Crippen molar-refractivity contribution in [2.75, 3.05) is 18.4 Å². The summed E-state index contributed by atoms with van der Waals surface area (Å²) in [6, 6.07) is 7.41. The second kappa shape index (κ2) is 7.74. The molecule has 1 unspecified atom stereocenters. The highest BCUT2D eigenvalue weighted by Crippen LogP contribution is 2.35. The number of nitrogens with zero attached hydrogens (tertiary/aromatic N) is 2. The van der Waals surface area contributed by atoms with Crippen LogP contribution in [0, 0.1) is 0 Å². The Balaban J connectivity index is 1.42. The molecule has 166 valence electrons. The maximum absolute atomic E-state index is 13.1. The molecule has 0 saturated carbocycles. The number of H-pyrrole nitrogens is 2. The molecule has 1 fully saturated rings. The molecule has 6 rings (SSSR count). The fourth-order valence-corrected chi connectivity index (χ4v) is 6.12. The molecular weight excluding hydrogens is 418 g/mol. The van der Waals surface area contributed by atoms with E-state index in [0.29, 0.717) is 11.4 Å². The lowest BCUT2D eigenvalue weighted by molar-refractivity contribution is 0.107. The van der Waals surface area contributed by atoms with Gasteiger partial charge in [0.25, 0.3) is 5.56 Å². The maximum Gasteiger partial charge on any atom is 0.261 e. The van der Waals surface area contributed by atoms with Crippen LogP contribution in [0.5, 0.6) is 0 Å². The molecule has 0 amide bonds. The van der Waals surface area contributed by atoms with Crippen molar-refractivity contribution >= 4 is 38.3 Å². The molecule has 0 bridgehead atoms. The number of aryl methyl sites for hydroxylation is 2. The first kappa shape index (κ1) is 20.0. The van der Waals surface area contributed by atoms with Crippen LogP contribution < -0.4 is 10.9 Å². The Bertz CT molecular complexity index is 1320. The third-order valence-electron chi connectivity index (χ3n) is 6.99. The number of thiophene rings is 1. The van der Waals surface area contributed by atoms with Gasteiger partial charge in [-0.25, -0.2) is 4.98 Å². The van der Waals surface area contributed by atoms with Crippen molar-refractivity contribution in [1.29, 1.82) is 0 Å². The summed E-state index contributed by atoms with van der Waals surface area (Å²) >= 11 is 1.63. The molecule has 0 radical (unpaired) electrons. The summed E-state index contributed by atoms with van der Waals surface area (Å²) in [4.78, 5) is 27.1. The third kappa shape index (κ3) is 3.35. The van der Waals surface area contributed by atoms with Crippen LogP contribution in [0.1, 0.15) is 44.2 Å². The summed E-state index contributed by atoms with van der Waals surface area (Å²) in [5, 5.41) is 5.51. The summed E-state index contributed by atoms with van der Waals surface area (Å²) in [7, 11) is 0. The molecule has 7 heteroatoms. The molecule has 4 heterocycles. The predicted octanol–water partition coefficient (Wildman–Crippen LogP) is 4.91. The van der Waals surface area contributed by atoms with Crippen molar-refractivity contribution in [2.24, 2.45) is 0 Å². The number of pyridine rings is 1. The number of nitrogens with one attached hydrogen (secondary N) is 3. The summed E-state index contributed by atoms with van der Waals surface area (Å²) in [5.41, 5.74) is 7.03. The minimum atomic E-state index is -0.114. The van der Waals surface area contributed by atoms with Crippen molar-refractivity contribution in [3.63, 3.8) is 0 Å². The molecule has 1 saturated heterocycles. The van der Waals surface area contributed by atoms with E-state index in [4.69, 9.17) is 4.98 Å². The van der Waals surface area contributed by atoms with Crippen LogP contribution in [0.25, 0.3) is 32.6 Å². The standard InChI is InChI=1S/C25H29N5OS/c1-14(2)26-22-21(25(31)29-18-8-11-32-23(18)22)24-27-19-12-15-4-6-17(30-9-3-10-30)7-5-16(15)13-20(19)28-24/h8,11-14,17H,3-7,9-10H2,1-2H3,(H,27,28)(H2,26,29,31). The normalized spacial score (nSPS) is 17.6. The third-order valence-corrected chi connectivity index (χ3v) is 7.92. The van der Waals surface area contributed by atoms with Gasteiger partial charge in [-0.2, -0.15) is 0 Å². The van der Waals surface area contributed by atoms with Crippen LogP contribution in [-0.2, 0) is 12.8 Å². The fourth-order valence-electron chi connectivity index (χ4n) is 5.25. The highest BCUT2D eigenvalue weighted by atomic mass is 32.1. The zero-order chi connectivity index (χ0) is 21.8. The number of benzene rings is 1. The molecule has 1 atom stereocenters. The monoisotopic (exact) mass is 447 g/mol. The summed E-state index contributed by atoms with van der Waals surface area (Å²) < 4.78 is 1.06. The smallest absolute Gasteiger partial charge is 0.261 e. The molecule has 1 aliphatic heterocycles. The number of anilines is 1. The molecule has 1 aromatic carbocycles. The first-order valence-electron chi connectivity index (χ1n) is 11.7. The van der Waals surface area contributed by atoms with E-state index in [-0.39, 0.29) is 11.6 Å². The average molecular weight is 448 g/mol. The zero-order valence-corrected chi connectivity index (χ0v) is 19.4. The number of aromatic nitrogens is 3. The van der Waals surface area contributed by atoms with Crippen LogP contribution in [0.15, 0.2) is 28.4 Å². The largest absolute Gasteiger partial charge is 0.381 e. The van der Waals surface area contributed by atoms with Crippen molar-refractivity contribution in [3.8, 4) is 11.4 Å². The number of hydrogen-bond acceptors (Lipinski definition) is 5. The van der Waals surface area contributed by atoms with Crippen molar-refractivity contribution in [3.05, 3.63) is 45.1 Å². The minimum Gasteiger partial charge on any atom is -0.381 e. The lowest BCUT2D eigenvalue weighted by Crippen LogP contribution is -2.45. The fraction of sp³-hybridized carbons (Fsp3) is 0.440. The number of fused-ring (bicyclic) bond motifs is 3. The molecular formula is C25H29N5OS. The van der Waals surface area contributed by atoms with E-state index in [9.17, 15) is 4.79 Å². The van der Waals surface area contributed by atoms with Crippen molar-refractivity contribution in [1.82, 2.24) is 19.9 Å². The molecule has 3 aromatic heterocycles. The van der Waals surface area contributed by atoms with Gasteiger partial charge in [0.2, 0.25) is 0 Å². The SMILES string of the molecule is CC(C)Nc1c(-c2nc3cc4c(cc3[nH]2)CCC(N2CCC2)CC4)c(=O)[nH]c2ccsc12. The molecule has 32 heavy (non-hydrogen) atoms. The van der Waals surface area contributed by atoms with E-state index in [1.807, 2.05) is 11.4 Å². The topological polar surface area (TPSA) is 76.8 Å². The Morgan fingerprint density at radius 2 is 1.91 bits per heavy atom. The number of rotatable bonds is 4. The second-order valence-corrected chi connectivity index (χ2v) is 10.4. The van der Waals surface area contributed by atoms with Gasteiger partial charge in [0.05, 0.1) is 26.9 Å². The van der Waals surface area contributed by atoms with Crippen LogP contribution in [-0.4, -0.2) is 45.0 Å². The first-order valence-corrected chi connectivity index (χ1v) is 12.6. The highest BCUT2D eigenvalue weighted by molar-refractivity contribution is 7.17. The Labute approximate surface area is 191 Å². The molecule has 2 aliphatic rings. The molecule has 0 spiro atoms. The van der Waals surface area contributed by atoms with Gasteiger partial charge in [-0.05, 0) is 93.7 Å². The van der Waals surface area contributed by atoms with E-state index in [0.717, 1.165) is 45.8 Å². The van der Waals surface area contributed by atoms with Crippen LogP contribution in [0.4, 0.5) is 5.69 Å². The molecule has 4 aromatic rings. The van der Waals surface area contributed by atoms with Gasteiger partial charge in [0.15, 0.2) is 0 Å². The number of aromatic amines is 2. The average Bonchev–Trinajstić information content (AvgIpc) is 3.28. The maximum atomic E-state index is 13.1. The lowest BCUT2D eigenvalue weighted by Gasteiger charge is -2.38. The number of likely N-dealkylation sites (tertiary alicyclic amines) is 1. The quantitative estimate of drug-likeness (QED) is 0.389. The van der Waals surface area contributed by atoms with Gasteiger partial charge >= 0.3 is 0 Å². The van der Waals surface area contributed by atoms with Gasteiger partial charge < -0.3 is 20.2 Å². The minimum absolute atomic E-state index is 0.114. The Morgan fingerprint density at radius 3 is 2.62 bits per heavy atom. The van der Waals surface area contributed by atoms with Gasteiger partial charge in [0, 0.05) is 12.1 Å². The zero-order valence-electron chi connectivity index (χ0n) is 18.6. The highest BCUT2D eigenvalue weighted by Gasteiger charge is 2.26. The molecule has 1 aliphatic carbocycles. The van der Waals surface area contributed by atoms with Gasteiger partial charge in [0.1, 0.15) is 11.4 Å². The number of imidazole rings is 1. The molecule has 6 nitrogen and oxygen atoms in total. The van der Waals surface area contributed by atoms with Crippen LogP contribution >= 0.6 is 11.3 Å². The Kier molecular flexibility index (Phi) is 4.84. The van der Waals surface area contributed by atoms with E-state index < -0.39 is 0 Å². The van der Waals surface area contributed by atoms with Gasteiger partial charge in [-0.1, -0.05) is 0 Å². The Hall–Kier alpha value is -2.64. The molecule has 3 N–H and O–H groups in total.